The molecule has 4 N–H and O–H groups in total. The molecule has 0 unspecified atom stereocenters. The van der Waals surface area contributed by atoms with Gasteiger partial charge < -0.3 is 16.4 Å². The first-order valence-corrected chi connectivity index (χ1v) is 8.39. The van der Waals surface area contributed by atoms with E-state index in [9.17, 15) is 4.79 Å². The van der Waals surface area contributed by atoms with Crippen molar-refractivity contribution in [3.05, 3.63) is 35.4 Å². The van der Waals surface area contributed by atoms with Crippen molar-refractivity contribution in [1.29, 1.82) is 0 Å². The number of guanidine groups is 1. The number of unbranched alkanes of at least 4 members (excludes halogenated alkanes) is 1. The number of nitrogens with two attached hydrogens (primary N) is 1. The van der Waals surface area contributed by atoms with Gasteiger partial charge in [0.1, 0.15) is 0 Å². The molecule has 1 amide bonds. The van der Waals surface area contributed by atoms with Crippen LogP contribution in [0, 0.1) is 0 Å². The van der Waals surface area contributed by atoms with Crippen molar-refractivity contribution in [3.8, 4) is 0 Å². The number of hydrogen-bond acceptors (Lipinski definition) is 3. The van der Waals surface area contributed by atoms with Crippen molar-refractivity contribution in [2.24, 2.45) is 10.7 Å². The molecule has 0 atom stereocenters. The quantitative estimate of drug-likeness (QED) is 0.387. The third-order valence-electron chi connectivity index (χ3n) is 2.96. The van der Waals surface area contributed by atoms with Crippen LogP contribution < -0.4 is 16.4 Å². The first-order valence-electron chi connectivity index (χ1n) is 6.99. The zero-order chi connectivity index (χ0) is 15.5. The second-order valence-electron chi connectivity index (χ2n) is 4.62. The lowest BCUT2D eigenvalue weighted by Gasteiger charge is -2.12. The minimum absolute atomic E-state index is 0.409. The summed E-state index contributed by atoms with van der Waals surface area (Å²) >= 11 is 1.87. The number of carbonyl (C=O) groups is 1. The van der Waals surface area contributed by atoms with E-state index in [0.717, 1.165) is 24.5 Å². The fourth-order valence-corrected chi connectivity index (χ4v) is 2.31. The van der Waals surface area contributed by atoms with Gasteiger partial charge in [-0.15, -0.1) is 0 Å². The van der Waals surface area contributed by atoms with Crippen LogP contribution in [0.4, 0.5) is 0 Å². The van der Waals surface area contributed by atoms with Crippen LogP contribution in [-0.4, -0.2) is 37.5 Å². The summed E-state index contributed by atoms with van der Waals surface area (Å²) in [5.41, 5.74) is 6.79. The van der Waals surface area contributed by atoms with Gasteiger partial charge in [0.2, 0.25) is 5.91 Å². The van der Waals surface area contributed by atoms with Gasteiger partial charge in [-0.3, -0.25) is 9.79 Å². The number of nitrogens with one attached hydrogen (secondary N) is 2. The average molecular weight is 308 g/mol. The lowest BCUT2D eigenvalue weighted by Crippen LogP contribution is -2.37. The Morgan fingerprint density at radius 3 is 2.81 bits per heavy atom. The monoisotopic (exact) mass is 308 g/mol. The molecule has 1 aromatic rings. The molecule has 0 fully saturated rings. The van der Waals surface area contributed by atoms with Crippen LogP contribution in [0.25, 0.3) is 0 Å². The van der Waals surface area contributed by atoms with Crippen molar-refractivity contribution in [2.45, 2.75) is 19.4 Å². The highest BCUT2D eigenvalue weighted by atomic mass is 32.2. The highest BCUT2D eigenvalue weighted by molar-refractivity contribution is 7.98. The Labute approximate surface area is 130 Å². The fourth-order valence-electron chi connectivity index (χ4n) is 1.82. The Kier molecular flexibility index (Phi) is 8.35. The van der Waals surface area contributed by atoms with Crippen molar-refractivity contribution in [1.82, 2.24) is 10.6 Å². The van der Waals surface area contributed by atoms with E-state index in [1.165, 1.54) is 12.2 Å². The van der Waals surface area contributed by atoms with E-state index in [0.29, 0.717) is 12.1 Å². The summed E-state index contributed by atoms with van der Waals surface area (Å²) in [4.78, 5) is 15.3. The zero-order valence-corrected chi connectivity index (χ0v) is 13.5. The summed E-state index contributed by atoms with van der Waals surface area (Å²) in [6, 6.07) is 7.28. The van der Waals surface area contributed by atoms with E-state index < -0.39 is 5.91 Å². The first-order chi connectivity index (χ1) is 10.2. The Hall–Kier alpha value is -1.69. The number of thioether (sulfide) groups is 1. The van der Waals surface area contributed by atoms with Crippen molar-refractivity contribution >= 4 is 23.6 Å². The Morgan fingerprint density at radius 2 is 2.14 bits per heavy atom. The minimum Gasteiger partial charge on any atom is -0.366 e. The molecular formula is C15H24N4OS. The number of carbonyl (C=O) groups excluding carboxylic acids is 1. The number of hydrogen-bond donors (Lipinski definition) is 3. The lowest BCUT2D eigenvalue weighted by atomic mass is 10.1. The van der Waals surface area contributed by atoms with E-state index in [4.69, 9.17) is 5.73 Å². The number of amides is 1. The zero-order valence-electron chi connectivity index (χ0n) is 12.7. The minimum atomic E-state index is -0.409. The molecular weight excluding hydrogens is 284 g/mol. The predicted molar refractivity (Wildman–Crippen MR) is 90.8 cm³/mol. The van der Waals surface area contributed by atoms with Gasteiger partial charge in [-0.2, -0.15) is 11.8 Å². The van der Waals surface area contributed by atoms with Gasteiger partial charge in [0, 0.05) is 25.7 Å². The van der Waals surface area contributed by atoms with E-state index in [1.54, 1.807) is 19.2 Å². The SMILES string of the molecule is CN=C(NCCCCSC)NCc1cccc(C(N)=O)c1. The molecule has 0 bridgehead atoms. The Morgan fingerprint density at radius 1 is 1.33 bits per heavy atom. The standard InChI is InChI=1S/C15H24N4OS/c1-17-15(18-8-3-4-9-21-2)19-11-12-6-5-7-13(10-12)14(16)20/h5-7,10H,3-4,8-9,11H2,1-2H3,(H2,16,20)(H2,17,18,19). The maximum Gasteiger partial charge on any atom is 0.248 e. The summed E-state index contributed by atoms with van der Waals surface area (Å²) in [6.07, 6.45) is 4.44. The molecule has 1 rings (SSSR count). The molecule has 0 saturated heterocycles. The van der Waals surface area contributed by atoms with Gasteiger partial charge >= 0.3 is 0 Å². The number of rotatable bonds is 8. The molecule has 0 radical (unpaired) electrons. The van der Waals surface area contributed by atoms with Crippen LogP contribution in [0.3, 0.4) is 0 Å². The topological polar surface area (TPSA) is 79.5 Å². The van der Waals surface area contributed by atoms with Crippen LogP contribution in [0.5, 0.6) is 0 Å². The highest BCUT2D eigenvalue weighted by Gasteiger charge is 2.02. The third-order valence-corrected chi connectivity index (χ3v) is 3.66. The molecule has 0 aromatic heterocycles. The van der Waals surface area contributed by atoms with Gasteiger partial charge in [-0.25, -0.2) is 0 Å². The van der Waals surface area contributed by atoms with E-state index in [2.05, 4.69) is 21.9 Å². The van der Waals surface area contributed by atoms with Gasteiger partial charge in [0.15, 0.2) is 5.96 Å². The summed E-state index contributed by atoms with van der Waals surface area (Å²) in [6.45, 7) is 1.51. The lowest BCUT2D eigenvalue weighted by molar-refractivity contribution is 0.1000. The van der Waals surface area contributed by atoms with E-state index in [-0.39, 0.29) is 0 Å². The molecule has 0 saturated carbocycles. The Bertz CT molecular complexity index is 476. The van der Waals surface area contributed by atoms with Crippen LogP contribution in [0.2, 0.25) is 0 Å². The largest absolute Gasteiger partial charge is 0.366 e. The number of nitrogens with zero attached hydrogens (tertiary/aromatic N) is 1. The molecule has 21 heavy (non-hydrogen) atoms. The summed E-state index contributed by atoms with van der Waals surface area (Å²) < 4.78 is 0. The van der Waals surface area contributed by atoms with Crippen LogP contribution in [-0.2, 0) is 6.54 Å². The Balaban J connectivity index is 2.38. The highest BCUT2D eigenvalue weighted by Crippen LogP contribution is 2.04. The van der Waals surface area contributed by atoms with Crippen LogP contribution in [0.15, 0.2) is 29.3 Å². The van der Waals surface area contributed by atoms with E-state index in [1.807, 2.05) is 23.9 Å². The predicted octanol–water partition coefficient (Wildman–Crippen LogP) is 1.59. The molecule has 0 heterocycles. The van der Waals surface area contributed by atoms with Crippen molar-refractivity contribution in [2.75, 3.05) is 25.6 Å². The number of primary amides is 1. The normalized spacial score (nSPS) is 11.2. The summed E-state index contributed by atoms with van der Waals surface area (Å²) in [5.74, 6) is 1.55. The number of aliphatic imine (C=N–C) groups is 1. The maximum atomic E-state index is 11.1. The molecule has 0 aliphatic heterocycles. The molecule has 6 heteroatoms. The van der Waals surface area contributed by atoms with E-state index >= 15 is 0 Å². The van der Waals surface area contributed by atoms with Crippen LogP contribution >= 0.6 is 11.8 Å². The maximum absolute atomic E-state index is 11.1. The molecule has 0 aliphatic carbocycles. The molecule has 0 spiro atoms. The van der Waals surface area contributed by atoms with Gasteiger partial charge in [0.05, 0.1) is 0 Å². The summed E-state index contributed by atoms with van der Waals surface area (Å²) in [5, 5.41) is 6.50. The third kappa shape index (κ3) is 7.04. The molecule has 1 aromatic carbocycles. The van der Waals surface area contributed by atoms with Crippen molar-refractivity contribution < 1.29 is 4.79 Å². The molecule has 0 aliphatic rings. The summed E-state index contributed by atoms with van der Waals surface area (Å²) in [7, 11) is 1.75. The fraction of sp³-hybridized carbons (Fsp3) is 0.467. The average Bonchev–Trinajstić information content (AvgIpc) is 2.50. The first kappa shape index (κ1) is 17.4. The number of benzene rings is 1. The van der Waals surface area contributed by atoms with Crippen LogP contribution in [0.1, 0.15) is 28.8 Å². The second kappa shape index (κ2) is 10.1. The van der Waals surface area contributed by atoms with Gasteiger partial charge in [-0.1, -0.05) is 12.1 Å². The second-order valence-corrected chi connectivity index (χ2v) is 5.60. The smallest absolute Gasteiger partial charge is 0.248 e. The van der Waals surface area contributed by atoms with Gasteiger partial charge in [-0.05, 0) is 42.5 Å². The molecule has 5 nitrogen and oxygen atoms in total. The van der Waals surface area contributed by atoms with Crippen molar-refractivity contribution in [3.63, 3.8) is 0 Å². The molecule has 116 valence electrons. The van der Waals surface area contributed by atoms with Gasteiger partial charge in [0.25, 0.3) is 0 Å².